The molecule has 130 valence electrons. The highest BCUT2D eigenvalue weighted by molar-refractivity contribution is 6.30. The molecule has 0 unspecified atom stereocenters. The van der Waals surface area contributed by atoms with Crippen LogP contribution in [0.3, 0.4) is 0 Å². The molecule has 6 nitrogen and oxygen atoms in total. The number of nitrogens with two attached hydrogens (primary N) is 1. The Labute approximate surface area is 151 Å². The molecular formula is C18H19ClN4O2. The third-order valence-electron chi connectivity index (χ3n) is 4.27. The molecule has 1 aromatic heterocycles. The van der Waals surface area contributed by atoms with E-state index in [0.29, 0.717) is 48.0 Å². The summed E-state index contributed by atoms with van der Waals surface area (Å²) in [4.78, 5) is 30.7. The van der Waals surface area contributed by atoms with Crippen molar-refractivity contribution in [1.29, 1.82) is 0 Å². The third-order valence-corrected chi connectivity index (χ3v) is 4.49. The second-order valence-corrected chi connectivity index (χ2v) is 6.48. The normalized spacial score (nSPS) is 15.0. The van der Waals surface area contributed by atoms with Gasteiger partial charge in [0.25, 0.3) is 5.91 Å². The van der Waals surface area contributed by atoms with Crippen LogP contribution in [0.2, 0.25) is 5.02 Å². The van der Waals surface area contributed by atoms with Crippen molar-refractivity contribution in [2.75, 3.05) is 24.1 Å². The highest BCUT2D eigenvalue weighted by Gasteiger charge is 2.28. The van der Waals surface area contributed by atoms with Gasteiger partial charge in [-0.2, -0.15) is 0 Å². The fourth-order valence-electron chi connectivity index (χ4n) is 2.88. The van der Waals surface area contributed by atoms with Crippen LogP contribution in [0.1, 0.15) is 23.2 Å². The standard InChI is InChI=1S/C18H19ClN4O2/c19-14-4-5-16(21-11-14)22-17(24)12-6-8-23(9-7-12)18(25)13-2-1-3-15(20)10-13/h1-5,10-12H,6-9,20H2,(H,21,22,24). The summed E-state index contributed by atoms with van der Waals surface area (Å²) in [6.07, 6.45) is 2.73. The number of carbonyl (C=O) groups excluding carboxylic acids is 2. The Morgan fingerprint density at radius 2 is 1.96 bits per heavy atom. The molecule has 0 saturated carbocycles. The third kappa shape index (κ3) is 4.28. The highest BCUT2D eigenvalue weighted by Crippen LogP contribution is 2.21. The minimum atomic E-state index is -0.137. The SMILES string of the molecule is Nc1cccc(C(=O)N2CCC(C(=O)Nc3ccc(Cl)cn3)CC2)c1. The number of hydrogen-bond acceptors (Lipinski definition) is 4. The van der Waals surface area contributed by atoms with Crippen molar-refractivity contribution in [3.8, 4) is 0 Å². The van der Waals surface area contributed by atoms with Gasteiger partial charge in [0.1, 0.15) is 5.82 Å². The molecular weight excluding hydrogens is 340 g/mol. The van der Waals surface area contributed by atoms with Gasteiger partial charge in [-0.3, -0.25) is 9.59 Å². The fraction of sp³-hybridized carbons (Fsp3) is 0.278. The molecule has 0 radical (unpaired) electrons. The zero-order valence-electron chi connectivity index (χ0n) is 13.6. The number of hydrogen-bond donors (Lipinski definition) is 2. The number of nitrogens with zero attached hydrogens (tertiary/aromatic N) is 2. The van der Waals surface area contributed by atoms with Crippen LogP contribution in [-0.2, 0) is 4.79 Å². The predicted octanol–water partition coefficient (Wildman–Crippen LogP) is 2.81. The molecule has 2 amide bonds. The van der Waals surface area contributed by atoms with E-state index in [2.05, 4.69) is 10.3 Å². The van der Waals surface area contributed by atoms with Crippen molar-refractivity contribution in [3.63, 3.8) is 0 Å². The van der Waals surface area contributed by atoms with Crippen LogP contribution in [0, 0.1) is 5.92 Å². The zero-order valence-corrected chi connectivity index (χ0v) is 14.4. The van der Waals surface area contributed by atoms with E-state index in [9.17, 15) is 9.59 Å². The van der Waals surface area contributed by atoms with Crippen molar-refractivity contribution in [2.24, 2.45) is 5.92 Å². The number of amides is 2. The molecule has 3 rings (SSSR count). The first-order valence-corrected chi connectivity index (χ1v) is 8.48. The van der Waals surface area contributed by atoms with Crippen LogP contribution < -0.4 is 11.1 Å². The number of pyridine rings is 1. The molecule has 1 aliphatic heterocycles. The van der Waals surface area contributed by atoms with Gasteiger partial charge in [-0.1, -0.05) is 17.7 Å². The highest BCUT2D eigenvalue weighted by atomic mass is 35.5. The van der Waals surface area contributed by atoms with E-state index in [1.807, 2.05) is 0 Å². The molecule has 2 heterocycles. The monoisotopic (exact) mass is 358 g/mol. The minimum absolute atomic E-state index is 0.0504. The number of nitrogens with one attached hydrogen (secondary N) is 1. The Morgan fingerprint density at radius 1 is 1.20 bits per heavy atom. The maximum atomic E-state index is 12.5. The summed E-state index contributed by atoms with van der Waals surface area (Å²) in [5.74, 6) is 0.214. The molecule has 1 aromatic carbocycles. The van der Waals surface area contributed by atoms with Crippen LogP contribution in [0.15, 0.2) is 42.6 Å². The van der Waals surface area contributed by atoms with Gasteiger partial charge in [-0.25, -0.2) is 4.98 Å². The maximum Gasteiger partial charge on any atom is 0.253 e. The van der Waals surface area contributed by atoms with Gasteiger partial charge in [0.2, 0.25) is 5.91 Å². The average Bonchev–Trinajstić information content (AvgIpc) is 2.63. The minimum Gasteiger partial charge on any atom is -0.399 e. The van der Waals surface area contributed by atoms with Crippen LogP contribution in [0.25, 0.3) is 0 Å². The predicted molar refractivity (Wildman–Crippen MR) is 97.4 cm³/mol. The Bertz CT molecular complexity index is 771. The Kier molecular flexibility index (Phi) is 5.19. The lowest BCUT2D eigenvalue weighted by atomic mass is 9.95. The summed E-state index contributed by atoms with van der Waals surface area (Å²) >= 11 is 5.78. The van der Waals surface area contributed by atoms with Crippen molar-refractivity contribution < 1.29 is 9.59 Å². The average molecular weight is 359 g/mol. The number of carbonyl (C=O) groups is 2. The molecule has 1 fully saturated rings. The van der Waals surface area contributed by atoms with Crippen molar-refractivity contribution in [3.05, 3.63) is 53.2 Å². The van der Waals surface area contributed by atoms with Crippen molar-refractivity contribution in [2.45, 2.75) is 12.8 Å². The second kappa shape index (κ2) is 7.53. The summed E-state index contributed by atoms with van der Waals surface area (Å²) in [6.45, 7) is 1.08. The molecule has 0 spiro atoms. The molecule has 0 bridgehead atoms. The number of piperidine rings is 1. The number of benzene rings is 1. The molecule has 2 aromatic rings. The fourth-order valence-corrected chi connectivity index (χ4v) is 2.99. The van der Waals surface area contributed by atoms with Gasteiger partial charge in [0.05, 0.1) is 5.02 Å². The van der Waals surface area contributed by atoms with Crippen LogP contribution in [0.5, 0.6) is 0 Å². The van der Waals surface area contributed by atoms with E-state index in [1.165, 1.54) is 6.20 Å². The Balaban J connectivity index is 1.55. The van der Waals surface area contributed by atoms with E-state index in [-0.39, 0.29) is 17.7 Å². The van der Waals surface area contributed by atoms with Crippen LogP contribution in [0.4, 0.5) is 11.5 Å². The van der Waals surface area contributed by atoms with Gasteiger partial charge in [0, 0.05) is 36.5 Å². The lowest BCUT2D eigenvalue weighted by molar-refractivity contribution is -0.121. The number of anilines is 2. The van der Waals surface area contributed by atoms with E-state index in [4.69, 9.17) is 17.3 Å². The van der Waals surface area contributed by atoms with Gasteiger partial charge >= 0.3 is 0 Å². The van der Waals surface area contributed by atoms with Crippen LogP contribution >= 0.6 is 11.6 Å². The summed E-state index contributed by atoms with van der Waals surface area (Å²) in [7, 11) is 0. The van der Waals surface area contributed by atoms with Gasteiger partial charge in [0.15, 0.2) is 0 Å². The van der Waals surface area contributed by atoms with Gasteiger partial charge in [-0.15, -0.1) is 0 Å². The number of halogens is 1. The Morgan fingerprint density at radius 3 is 2.60 bits per heavy atom. The summed E-state index contributed by atoms with van der Waals surface area (Å²) in [5.41, 5.74) is 6.87. The number of rotatable bonds is 3. The van der Waals surface area contributed by atoms with E-state index >= 15 is 0 Å². The van der Waals surface area contributed by atoms with Gasteiger partial charge < -0.3 is 16.0 Å². The smallest absolute Gasteiger partial charge is 0.253 e. The first-order chi connectivity index (χ1) is 12.0. The lowest BCUT2D eigenvalue weighted by Crippen LogP contribution is -2.41. The summed E-state index contributed by atoms with van der Waals surface area (Å²) in [5, 5.41) is 3.31. The molecule has 1 aliphatic rings. The number of nitrogen functional groups attached to an aromatic ring is 1. The quantitative estimate of drug-likeness (QED) is 0.826. The first kappa shape index (κ1) is 17.2. The van der Waals surface area contributed by atoms with E-state index < -0.39 is 0 Å². The molecule has 3 N–H and O–H groups in total. The summed E-state index contributed by atoms with van der Waals surface area (Å²) < 4.78 is 0. The molecule has 0 aliphatic carbocycles. The number of aromatic nitrogens is 1. The molecule has 25 heavy (non-hydrogen) atoms. The van der Waals surface area contributed by atoms with E-state index in [0.717, 1.165) is 0 Å². The molecule has 1 saturated heterocycles. The van der Waals surface area contributed by atoms with Crippen molar-refractivity contribution >= 4 is 34.9 Å². The van der Waals surface area contributed by atoms with Gasteiger partial charge in [-0.05, 0) is 43.2 Å². The zero-order chi connectivity index (χ0) is 17.8. The van der Waals surface area contributed by atoms with Crippen LogP contribution in [-0.4, -0.2) is 34.8 Å². The maximum absolute atomic E-state index is 12.5. The molecule has 0 atom stereocenters. The van der Waals surface area contributed by atoms with E-state index in [1.54, 1.807) is 41.3 Å². The topological polar surface area (TPSA) is 88.3 Å². The first-order valence-electron chi connectivity index (χ1n) is 8.10. The molecule has 7 heteroatoms. The lowest BCUT2D eigenvalue weighted by Gasteiger charge is -2.31. The second-order valence-electron chi connectivity index (χ2n) is 6.04. The largest absolute Gasteiger partial charge is 0.399 e. The summed E-state index contributed by atoms with van der Waals surface area (Å²) in [6, 6.07) is 10.3. The Hall–Kier alpha value is -2.60. The number of likely N-dealkylation sites (tertiary alicyclic amines) is 1. The van der Waals surface area contributed by atoms with Crippen molar-refractivity contribution in [1.82, 2.24) is 9.88 Å².